The molecule has 2 rings (SSSR count). The van der Waals surface area contributed by atoms with Crippen LogP contribution >= 0.6 is 0 Å². The van der Waals surface area contributed by atoms with Crippen molar-refractivity contribution >= 4 is 5.91 Å². The zero-order valence-corrected chi connectivity index (χ0v) is 9.80. The Bertz CT molecular complexity index is 535. The number of nitrogens with two attached hydrogens (primary N) is 1. The molecule has 8 nitrogen and oxygen atoms in total. The van der Waals surface area contributed by atoms with Gasteiger partial charge < -0.3 is 25.8 Å². The van der Waals surface area contributed by atoms with E-state index in [-0.39, 0.29) is 11.4 Å². The number of primary amides is 1. The van der Waals surface area contributed by atoms with Gasteiger partial charge in [-0.15, -0.1) is 6.42 Å². The molecule has 0 radical (unpaired) electrons. The molecule has 0 aliphatic carbocycles. The Morgan fingerprint density at radius 1 is 1.58 bits per heavy atom. The first-order valence-electron chi connectivity index (χ1n) is 5.47. The van der Waals surface area contributed by atoms with Gasteiger partial charge in [-0.05, 0) is 5.92 Å². The Hall–Kier alpha value is -1.92. The molecule has 8 heteroatoms. The van der Waals surface area contributed by atoms with Crippen molar-refractivity contribution in [3.05, 3.63) is 17.7 Å². The molecule has 0 bridgehead atoms. The molecule has 1 saturated heterocycles. The van der Waals surface area contributed by atoms with Crippen LogP contribution < -0.4 is 5.73 Å². The fourth-order valence-electron chi connectivity index (χ4n) is 1.99. The summed E-state index contributed by atoms with van der Waals surface area (Å²) in [5.41, 5.74) is 5.03. The first-order valence-corrected chi connectivity index (χ1v) is 5.47. The summed E-state index contributed by atoms with van der Waals surface area (Å²) in [6.07, 6.45) is 1.92. The summed E-state index contributed by atoms with van der Waals surface area (Å²) < 4.78 is 6.51. The summed E-state index contributed by atoms with van der Waals surface area (Å²) in [6.45, 7) is -0.461. The number of amides is 1. The maximum atomic E-state index is 11.1. The first-order chi connectivity index (χ1) is 9.01. The number of aliphatic hydroxyl groups is 3. The molecule has 1 aliphatic rings. The van der Waals surface area contributed by atoms with E-state index in [1.54, 1.807) is 0 Å². The number of nitrogens with zero attached hydrogens (tertiary/aromatic N) is 2. The van der Waals surface area contributed by atoms with Crippen LogP contribution in [0.1, 0.15) is 22.4 Å². The summed E-state index contributed by atoms with van der Waals surface area (Å²) in [5, 5.41) is 28.5. The highest BCUT2D eigenvalue weighted by Crippen LogP contribution is 2.30. The van der Waals surface area contributed by atoms with Crippen LogP contribution in [0.3, 0.4) is 0 Å². The van der Waals surface area contributed by atoms with Crippen molar-refractivity contribution < 1.29 is 24.9 Å². The van der Waals surface area contributed by atoms with Crippen LogP contribution in [-0.4, -0.2) is 55.7 Å². The van der Waals surface area contributed by atoms with Crippen molar-refractivity contribution in [2.45, 2.75) is 24.5 Å². The van der Waals surface area contributed by atoms with Crippen LogP contribution in [0.2, 0.25) is 0 Å². The lowest BCUT2D eigenvalue weighted by Crippen LogP contribution is -2.33. The van der Waals surface area contributed by atoms with E-state index in [4.69, 9.17) is 22.0 Å². The second-order valence-corrected chi connectivity index (χ2v) is 4.09. The van der Waals surface area contributed by atoms with E-state index >= 15 is 0 Å². The van der Waals surface area contributed by atoms with Gasteiger partial charge in [0.1, 0.15) is 24.0 Å². The van der Waals surface area contributed by atoms with Crippen molar-refractivity contribution in [3.8, 4) is 12.3 Å². The minimum absolute atomic E-state index is 0.0438. The number of imidazole rings is 1. The fourth-order valence-corrected chi connectivity index (χ4v) is 1.99. The van der Waals surface area contributed by atoms with Crippen molar-refractivity contribution in [2.24, 2.45) is 5.73 Å². The number of aromatic nitrogens is 2. The van der Waals surface area contributed by atoms with Crippen molar-refractivity contribution in [1.82, 2.24) is 9.55 Å². The Morgan fingerprint density at radius 3 is 2.74 bits per heavy atom. The molecule has 0 spiro atoms. The normalized spacial score (nSPS) is 30.2. The number of carbonyl (C=O) groups excluding carboxylic acids is 1. The molecule has 102 valence electrons. The highest BCUT2D eigenvalue weighted by Gasteiger charge is 2.44. The van der Waals surface area contributed by atoms with Crippen LogP contribution in [0.15, 0.2) is 6.33 Å². The third-order valence-electron chi connectivity index (χ3n) is 2.96. The number of ether oxygens (including phenoxy) is 1. The second kappa shape index (κ2) is 4.99. The SMILES string of the molecule is C#Cc1c(C(N)=O)ncn1[C@@H]1O[C@H](CO)C(O)[C@@H]1O. The summed E-state index contributed by atoms with van der Waals surface area (Å²) in [6, 6.07) is 0. The van der Waals surface area contributed by atoms with Crippen molar-refractivity contribution in [2.75, 3.05) is 6.61 Å². The van der Waals surface area contributed by atoms with Gasteiger partial charge in [0.15, 0.2) is 11.9 Å². The van der Waals surface area contributed by atoms with Gasteiger partial charge >= 0.3 is 0 Å². The molecule has 1 fully saturated rings. The molecule has 0 aromatic carbocycles. The van der Waals surface area contributed by atoms with E-state index < -0.39 is 37.1 Å². The number of carbonyl (C=O) groups is 1. The Labute approximate surface area is 108 Å². The third-order valence-corrected chi connectivity index (χ3v) is 2.96. The molecule has 19 heavy (non-hydrogen) atoms. The van der Waals surface area contributed by atoms with E-state index in [2.05, 4.69) is 10.9 Å². The number of terminal acetylenes is 1. The average Bonchev–Trinajstić information content (AvgIpc) is 2.92. The lowest BCUT2D eigenvalue weighted by atomic mass is 10.1. The predicted octanol–water partition coefficient (Wildman–Crippen LogP) is -2.43. The monoisotopic (exact) mass is 267 g/mol. The Kier molecular flexibility index (Phi) is 3.55. The largest absolute Gasteiger partial charge is 0.394 e. The molecule has 4 atom stereocenters. The standard InChI is InChI=1S/C11H13N3O5/c1-2-5-7(10(12)18)13-4-14(5)11-9(17)8(16)6(3-15)19-11/h1,4,6,8-9,11,15-17H,3H2,(H2,12,18)/t6-,8?,9+,11-/m1/s1. The quantitative estimate of drug-likeness (QED) is 0.451. The number of hydrogen-bond donors (Lipinski definition) is 4. The highest BCUT2D eigenvalue weighted by atomic mass is 16.6. The Balaban J connectivity index is 2.39. The lowest BCUT2D eigenvalue weighted by molar-refractivity contribution is -0.0531. The molecule has 5 N–H and O–H groups in total. The van der Waals surface area contributed by atoms with Gasteiger partial charge in [0, 0.05) is 0 Å². The molecular weight excluding hydrogens is 254 g/mol. The molecule has 2 heterocycles. The smallest absolute Gasteiger partial charge is 0.270 e. The first kappa shape index (κ1) is 13.5. The van der Waals surface area contributed by atoms with E-state index in [1.807, 2.05) is 0 Å². The molecule has 1 amide bonds. The van der Waals surface area contributed by atoms with Gasteiger partial charge in [-0.2, -0.15) is 0 Å². The molecule has 1 aliphatic heterocycles. The van der Waals surface area contributed by atoms with E-state index in [0.717, 1.165) is 0 Å². The Morgan fingerprint density at radius 2 is 2.26 bits per heavy atom. The van der Waals surface area contributed by atoms with E-state index in [1.165, 1.54) is 10.9 Å². The average molecular weight is 267 g/mol. The number of aliphatic hydroxyl groups excluding tert-OH is 3. The molecule has 1 aromatic rings. The van der Waals surface area contributed by atoms with Gasteiger partial charge in [-0.25, -0.2) is 4.98 Å². The van der Waals surface area contributed by atoms with Gasteiger partial charge in [-0.1, -0.05) is 0 Å². The van der Waals surface area contributed by atoms with Gasteiger partial charge in [-0.3, -0.25) is 9.36 Å². The second-order valence-electron chi connectivity index (χ2n) is 4.09. The predicted molar refractivity (Wildman–Crippen MR) is 61.7 cm³/mol. The summed E-state index contributed by atoms with van der Waals surface area (Å²) in [7, 11) is 0. The van der Waals surface area contributed by atoms with E-state index in [9.17, 15) is 15.0 Å². The molecule has 0 saturated carbocycles. The zero-order chi connectivity index (χ0) is 14.2. The van der Waals surface area contributed by atoms with Crippen LogP contribution in [0.25, 0.3) is 0 Å². The van der Waals surface area contributed by atoms with Gasteiger partial charge in [0.2, 0.25) is 0 Å². The third kappa shape index (κ3) is 2.09. The summed E-state index contributed by atoms with van der Waals surface area (Å²) in [4.78, 5) is 14.9. The molecular formula is C11H13N3O5. The summed E-state index contributed by atoms with van der Waals surface area (Å²) >= 11 is 0. The van der Waals surface area contributed by atoms with Crippen molar-refractivity contribution in [1.29, 1.82) is 0 Å². The number of hydrogen-bond acceptors (Lipinski definition) is 6. The van der Waals surface area contributed by atoms with Gasteiger partial charge in [0.25, 0.3) is 5.91 Å². The maximum absolute atomic E-state index is 11.1. The lowest BCUT2D eigenvalue weighted by Gasteiger charge is -2.17. The minimum atomic E-state index is -1.31. The fraction of sp³-hybridized carbons (Fsp3) is 0.455. The topological polar surface area (TPSA) is 131 Å². The van der Waals surface area contributed by atoms with Crippen LogP contribution in [0, 0.1) is 12.3 Å². The van der Waals surface area contributed by atoms with Crippen LogP contribution in [-0.2, 0) is 4.74 Å². The van der Waals surface area contributed by atoms with Gasteiger partial charge in [0.05, 0.1) is 12.9 Å². The highest BCUT2D eigenvalue weighted by molar-refractivity contribution is 5.93. The maximum Gasteiger partial charge on any atom is 0.270 e. The molecule has 1 unspecified atom stereocenters. The van der Waals surface area contributed by atoms with Crippen LogP contribution in [0.5, 0.6) is 0 Å². The molecule has 1 aromatic heterocycles. The number of rotatable bonds is 3. The summed E-state index contributed by atoms with van der Waals surface area (Å²) in [5.74, 6) is 1.43. The van der Waals surface area contributed by atoms with E-state index in [0.29, 0.717) is 0 Å². The zero-order valence-electron chi connectivity index (χ0n) is 9.80. The minimum Gasteiger partial charge on any atom is -0.394 e. The van der Waals surface area contributed by atoms with Crippen LogP contribution in [0.4, 0.5) is 0 Å². The van der Waals surface area contributed by atoms with Crippen molar-refractivity contribution in [3.63, 3.8) is 0 Å².